The molecular weight excluding hydrogens is 339 g/mol. The number of nitrogens with two attached hydrogens (primary N) is 1. The summed E-state index contributed by atoms with van der Waals surface area (Å²) in [5.74, 6) is 6.56. The van der Waals surface area contributed by atoms with Crippen molar-refractivity contribution in [2.45, 2.75) is 6.04 Å². The van der Waals surface area contributed by atoms with Crippen molar-refractivity contribution in [3.05, 3.63) is 57.8 Å². The zero-order valence-electron chi connectivity index (χ0n) is 11.7. The molecule has 1 atom stereocenters. The minimum Gasteiger partial charge on any atom is -0.497 e. The summed E-state index contributed by atoms with van der Waals surface area (Å²) in [4.78, 5) is 0. The first-order valence-corrected chi connectivity index (χ1v) is 7.03. The van der Waals surface area contributed by atoms with Crippen LogP contribution in [0.1, 0.15) is 17.2 Å². The van der Waals surface area contributed by atoms with Gasteiger partial charge in [-0.05, 0) is 42.0 Å². The maximum absolute atomic E-state index is 13.6. The maximum atomic E-state index is 13.6. The van der Waals surface area contributed by atoms with E-state index in [0.29, 0.717) is 17.1 Å². The standard InChI is InChI=1S/C15H16BrFN2O2/c1-20-10-4-5-13(16)11(8-10)15(19-18)12-7-9(17)3-6-14(12)21-2/h3-8,15,19H,18H2,1-2H3. The lowest BCUT2D eigenvalue weighted by atomic mass is 9.98. The van der Waals surface area contributed by atoms with E-state index in [1.54, 1.807) is 13.2 Å². The van der Waals surface area contributed by atoms with Gasteiger partial charge in [0, 0.05) is 10.0 Å². The number of hydrogen-bond acceptors (Lipinski definition) is 4. The van der Waals surface area contributed by atoms with Crippen molar-refractivity contribution in [2.75, 3.05) is 14.2 Å². The van der Waals surface area contributed by atoms with Gasteiger partial charge in [-0.3, -0.25) is 5.84 Å². The van der Waals surface area contributed by atoms with Crippen molar-refractivity contribution in [3.8, 4) is 11.5 Å². The highest BCUT2D eigenvalue weighted by Gasteiger charge is 2.20. The molecule has 4 nitrogen and oxygen atoms in total. The summed E-state index contributed by atoms with van der Waals surface area (Å²) in [6.07, 6.45) is 0. The molecule has 0 amide bonds. The van der Waals surface area contributed by atoms with Crippen molar-refractivity contribution < 1.29 is 13.9 Å². The molecule has 0 saturated carbocycles. The lowest BCUT2D eigenvalue weighted by Crippen LogP contribution is -2.29. The first-order chi connectivity index (χ1) is 10.1. The second kappa shape index (κ2) is 6.89. The summed E-state index contributed by atoms with van der Waals surface area (Å²) in [5, 5.41) is 0. The van der Waals surface area contributed by atoms with Crippen LogP contribution in [0.5, 0.6) is 11.5 Å². The van der Waals surface area contributed by atoms with Crippen LogP contribution in [-0.2, 0) is 0 Å². The van der Waals surface area contributed by atoms with Gasteiger partial charge in [-0.1, -0.05) is 15.9 Å². The van der Waals surface area contributed by atoms with Gasteiger partial charge in [0.1, 0.15) is 17.3 Å². The molecule has 21 heavy (non-hydrogen) atoms. The smallest absolute Gasteiger partial charge is 0.124 e. The molecule has 2 aromatic carbocycles. The van der Waals surface area contributed by atoms with Gasteiger partial charge >= 0.3 is 0 Å². The first-order valence-electron chi connectivity index (χ1n) is 6.23. The molecule has 2 rings (SSSR count). The summed E-state index contributed by atoms with van der Waals surface area (Å²) in [6.45, 7) is 0. The van der Waals surface area contributed by atoms with Crippen LogP contribution < -0.4 is 20.7 Å². The van der Waals surface area contributed by atoms with Crippen molar-refractivity contribution in [2.24, 2.45) is 5.84 Å². The molecule has 0 aliphatic carbocycles. The average Bonchev–Trinajstić information content (AvgIpc) is 2.50. The van der Waals surface area contributed by atoms with E-state index >= 15 is 0 Å². The summed E-state index contributed by atoms with van der Waals surface area (Å²) >= 11 is 3.48. The maximum Gasteiger partial charge on any atom is 0.124 e. The van der Waals surface area contributed by atoms with Crippen molar-refractivity contribution in [3.63, 3.8) is 0 Å². The van der Waals surface area contributed by atoms with E-state index in [4.69, 9.17) is 15.3 Å². The third-order valence-electron chi connectivity index (χ3n) is 3.18. The van der Waals surface area contributed by atoms with Crippen LogP contribution in [0.4, 0.5) is 4.39 Å². The van der Waals surface area contributed by atoms with E-state index in [1.165, 1.54) is 19.2 Å². The third kappa shape index (κ3) is 3.34. The number of nitrogens with one attached hydrogen (secondary N) is 1. The van der Waals surface area contributed by atoms with Crippen molar-refractivity contribution in [1.29, 1.82) is 0 Å². The topological polar surface area (TPSA) is 56.5 Å². The second-order valence-corrected chi connectivity index (χ2v) is 5.23. The van der Waals surface area contributed by atoms with Gasteiger partial charge in [0.25, 0.3) is 0 Å². The van der Waals surface area contributed by atoms with Gasteiger partial charge in [0.15, 0.2) is 0 Å². The van der Waals surface area contributed by atoms with E-state index in [-0.39, 0.29) is 5.82 Å². The highest BCUT2D eigenvalue weighted by atomic mass is 79.9. The molecule has 0 fully saturated rings. The van der Waals surface area contributed by atoms with Gasteiger partial charge in [-0.2, -0.15) is 0 Å². The monoisotopic (exact) mass is 354 g/mol. The Morgan fingerprint density at radius 2 is 1.86 bits per heavy atom. The van der Waals surface area contributed by atoms with Crippen LogP contribution in [0, 0.1) is 5.82 Å². The van der Waals surface area contributed by atoms with Crippen LogP contribution in [-0.4, -0.2) is 14.2 Å². The van der Waals surface area contributed by atoms with Crippen LogP contribution in [0.3, 0.4) is 0 Å². The van der Waals surface area contributed by atoms with E-state index in [9.17, 15) is 4.39 Å². The fourth-order valence-electron chi connectivity index (χ4n) is 2.15. The van der Waals surface area contributed by atoms with Crippen molar-refractivity contribution in [1.82, 2.24) is 5.43 Å². The van der Waals surface area contributed by atoms with Gasteiger partial charge in [0.05, 0.1) is 20.3 Å². The predicted molar refractivity (Wildman–Crippen MR) is 82.8 cm³/mol. The van der Waals surface area contributed by atoms with Gasteiger partial charge < -0.3 is 9.47 Å². The van der Waals surface area contributed by atoms with Gasteiger partial charge in [0.2, 0.25) is 0 Å². The predicted octanol–water partition coefficient (Wildman–Crippen LogP) is 3.16. The molecule has 3 N–H and O–H groups in total. The molecule has 1 unspecified atom stereocenters. The van der Waals surface area contributed by atoms with E-state index < -0.39 is 6.04 Å². The van der Waals surface area contributed by atoms with Crippen LogP contribution in [0.15, 0.2) is 40.9 Å². The molecular formula is C15H16BrFN2O2. The molecule has 0 aromatic heterocycles. The minimum absolute atomic E-state index is 0.356. The largest absolute Gasteiger partial charge is 0.497 e. The second-order valence-electron chi connectivity index (χ2n) is 4.37. The number of rotatable bonds is 5. The van der Waals surface area contributed by atoms with E-state index in [1.807, 2.05) is 18.2 Å². The van der Waals surface area contributed by atoms with E-state index in [0.717, 1.165) is 10.0 Å². The molecule has 0 bridgehead atoms. The van der Waals surface area contributed by atoms with Gasteiger partial charge in [-0.25, -0.2) is 9.82 Å². The van der Waals surface area contributed by atoms with Crippen LogP contribution in [0.25, 0.3) is 0 Å². The summed E-state index contributed by atoms with van der Waals surface area (Å²) in [5.41, 5.74) is 4.12. The summed E-state index contributed by atoms with van der Waals surface area (Å²) in [7, 11) is 3.12. The highest BCUT2D eigenvalue weighted by molar-refractivity contribution is 9.10. The number of hydrogen-bond donors (Lipinski definition) is 2. The Bertz CT molecular complexity index is 637. The molecule has 112 valence electrons. The molecule has 6 heteroatoms. The number of hydrazine groups is 1. The molecule has 0 aliphatic heterocycles. The van der Waals surface area contributed by atoms with Crippen molar-refractivity contribution >= 4 is 15.9 Å². The number of benzene rings is 2. The molecule has 0 heterocycles. The Labute approximate surface area is 131 Å². The number of ether oxygens (including phenoxy) is 2. The summed E-state index contributed by atoms with van der Waals surface area (Å²) in [6, 6.07) is 9.38. The Morgan fingerprint density at radius 1 is 1.10 bits per heavy atom. The molecule has 0 spiro atoms. The Kier molecular flexibility index (Phi) is 5.17. The molecule has 0 saturated heterocycles. The third-order valence-corrected chi connectivity index (χ3v) is 3.91. The van der Waals surface area contributed by atoms with Crippen LogP contribution in [0.2, 0.25) is 0 Å². The minimum atomic E-state index is -0.444. The zero-order valence-corrected chi connectivity index (χ0v) is 13.3. The Morgan fingerprint density at radius 3 is 2.48 bits per heavy atom. The quantitative estimate of drug-likeness (QED) is 0.639. The first kappa shape index (κ1) is 15.8. The molecule has 0 aliphatic rings. The number of methoxy groups -OCH3 is 2. The molecule has 2 aromatic rings. The SMILES string of the molecule is COc1ccc(Br)c(C(NN)c2cc(F)ccc2OC)c1. The van der Waals surface area contributed by atoms with Gasteiger partial charge in [-0.15, -0.1) is 0 Å². The summed E-state index contributed by atoms with van der Waals surface area (Å²) < 4.78 is 24.9. The highest BCUT2D eigenvalue weighted by Crippen LogP contribution is 2.35. The number of halogens is 2. The fraction of sp³-hybridized carbons (Fsp3) is 0.200. The Balaban J connectivity index is 2.56. The Hall–Kier alpha value is -1.63. The lowest BCUT2D eigenvalue weighted by molar-refractivity contribution is 0.401. The van der Waals surface area contributed by atoms with E-state index in [2.05, 4.69) is 21.4 Å². The normalized spacial score (nSPS) is 12.0. The average molecular weight is 355 g/mol. The zero-order chi connectivity index (χ0) is 15.4. The lowest BCUT2D eigenvalue weighted by Gasteiger charge is -2.21. The molecule has 0 radical (unpaired) electrons. The van der Waals surface area contributed by atoms with Crippen LogP contribution >= 0.6 is 15.9 Å². The fourth-order valence-corrected chi connectivity index (χ4v) is 2.62.